The van der Waals surface area contributed by atoms with E-state index in [1.54, 1.807) is 11.8 Å². The third-order valence-corrected chi connectivity index (χ3v) is 6.50. The first-order chi connectivity index (χ1) is 14.4. The Hall–Kier alpha value is -2.41. The van der Waals surface area contributed by atoms with Gasteiger partial charge in [0, 0.05) is 6.04 Å². The zero-order valence-electron chi connectivity index (χ0n) is 17.8. The molecule has 2 N–H and O–H groups in total. The van der Waals surface area contributed by atoms with Gasteiger partial charge < -0.3 is 14.7 Å². The highest BCUT2D eigenvalue weighted by Gasteiger charge is 2.48. The molecule has 1 saturated carbocycles. The van der Waals surface area contributed by atoms with E-state index < -0.39 is 30.1 Å². The Bertz CT molecular complexity index is 753. The highest BCUT2D eigenvalue weighted by Crippen LogP contribution is 2.40. The Kier molecular flexibility index (Phi) is 7.48. The van der Waals surface area contributed by atoms with Crippen LogP contribution in [0.3, 0.4) is 0 Å². The van der Waals surface area contributed by atoms with Crippen LogP contribution in [-0.4, -0.2) is 59.1 Å². The summed E-state index contributed by atoms with van der Waals surface area (Å²) >= 11 is 0. The van der Waals surface area contributed by atoms with Gasteiger partial charge in [-0.3, -0.25) is 14.9 Å². The lowest BCUT2D eigenvalue weighted by molar-refractivity contribution is -0.151. The average molecular weight is 417 g/mol. The van der Waals surface area contributed by atoms with Crippen molar-refractivity contribution in [2.75, 3.05) is 7.11 Å². The van der Waals surface area contributed by atoms with Crippen LogP contribution in [0.2, 0.25) is 0 Å². The molecule has 0 radical (unpaired) electrons. The van der Waals surface area contributed by atoms with Crippen molar-refractivity contribution in [3.05, 3.63) is 35.9 Å². The maximum absolute atomic E-state index is 13.3. The van der Waals surface area contributed by atoms with Crippen LogP contribution >= 0.6 is 0 Å². The first-order valence-electron chi connectivity index (χ1n) is 10.8. The van der Waals surface area contributed by atoms with Crippen molar-refractivity contribution in [2.45, 2.75) is 76.0 Å². The molecule has 3 rings (SSSR count). The predicted molar refractivity (Wildman–Crippen MR) is 112 cm³/mol. The van der Waals surface area contributed by atoms with E-state index in [0.29, 0.717) is 19.3 Å². The van der Waals surface area contributed by atoms with Crippen LogP contribution in [0.1, 0.15) is 51.0 Å². The topological polar surface area (TPSA) is 95.9 Å². The van der Waals surface area contributed by atoms with Gasteiger partial charge in [-0.1, -0.05) is 43.2 Å². The van der Waals surface area contributed by atoms with Crippen LogP contribution in [0.15, 0.2) is 30.3 Å². The van der Waals surface area contributed by atoms with E-state index in [4.69, 9.17) is 4.74 Å². The lowest BCUT2D eigenvalue weighted by atomic mass is 9.84. The van der Waals surface area contributed by atoms with Gasteiger partial charge in [0.1, 0.15) is 12.1 Å². The third-order valence-electron chi connectivity index (χ3n) is 6.50. The predicted octanol–water partition coefficient (Wildman–Crippen LogP) is 2.38. The molecule has 2 aliphatic rings. The SMILES string of the molecule is COC(=O)C(CCc1ccccc1)N[C@@H](C)C(=O)N1C(C(=O)O)CC2CCCCC21. The number of hydrogen-bond acceptors (Lipinski definition) is 5. The molecule has 1 aromatic rings. The molecular weight excluding hydrogens is 384 g/mol. The van der Waals surface area contributed by atoms with Crippen molar-refractivity contribution in [3.63, 3.8) is 0 Å². The van der Waals surface area contributed by atoms with Crippen molar-refractivity contribution in [3.8, 4) is 0 Å². The average Bonchev–Trinajstić information content (AvgIpc) is 3.16. The minimum atomic E-state index is -0.946. The number of fused-ring (bicyclic) bond motifs is 1. The quantitative estimate of drug-likeness (QED) is 0.632. The van der Waals surface area contributed by atoms with Gasteiger partial charge >= 0.3 is 11.9 Å². The van der Waals surface area contributed by atoms with Crippen LogP contribution in [0.4, 0.5) is 0 Å². The molecule has 7 nitrogen and oxygen atoms in total. The highest BCUT2D eigenvalue weighted by atomic mass is 16.5. The number of carboxylic acid groups (broad SMARTS) is 1. The fourth-order valence-electron chi connectivity index (χ4n) is 4.96. The Balaban J connectivity index is 1.68. The van der Waals surface area contributed by atoms with Crippen LogP contribution < -0.4 is 5.32 Å². The molecule has 1 aromatic carbocycles. The second kappa shape index (κ2) is 10.1. The molecule has 1 amide bonds. The van der Waals surface area contributed by atoms with Gasteiger partial charge in [0.15, 0.2) is 0 Å². The van der Waals surface area contributed by atoms with E-state index in [-0.39, 0.29) is 17.9 Å². The number of aryl methyl sites for hydroxylation is 1. The number of hydrogen-bond donors (Lipinski definition) is 2. The molecule has 30 heavy (non-hydrogen) atoms. The number of amides is 1. The monoisotopic (exact) mass is 416 g/mol. The Labute approximate surface area is 177 Å². The van der Waals surface area contributed by atoms with Gasteiger partial charge in [-0.15, -0.1) is 0 Å². The molecule has 2 fully saturated rings. The standard InChI is InChI=1S/C23H32N2O5/c1-15(24-18(23(29)30-2)13-12-16-8-4-3-5-9-16)21(26)25-19-11-7-6-10-17(19)14-20(25)22(27)28/h3-5,8-9,15,17-20,24H,6-7,10-14H2,1-2H3,(H,27,28)/t15-,17?,18?,19?,20?/m0/s1. The van der Waals surface area contributed by atoms with E-state index >= 15 is 0 Å². The molecule has 1 heterocycles. The Morgan fingerprint density at radius 3 is 2.57 bits per heavy atom. The summed E-state index contributed by atoms with van der Waals surface area (Å²) in [7, 11) is 1.33. The molecule has 7 heteroatoms. The van der Waals surface area contributed by atoms with Crippen LogP contribution in [0, 0.1) is 5.92 Å². The van der Waals surface area contributed by atoms with Gasteiger partial charge in [0.05, 0.1) is 13.2 Å². The fraction of sp³-hybridized carbons (Fsp3) is 0.609. The summed E-state index contributed by atoms with van der Waals surface area (Å²) in [5.41, 5.74) is 1.10. The number of benzene rings is 1. The summed E-state index contributed by atoms with van der Waals surface area (Å²) in [6, 6.07) is 7.71. The zero-order chi connectivity index (χ0) is 21.7. The number of likely N-dealkylation sites (tertiary alicyclic amines) is 1. The molecule has 0 spiro atoms. The normalized spacial score (nSPS) is 25.3. The third kappa shape index (κ3) is 5.01. The van der Waals surface area contributed by atoms with Gasteiger partial charge in [-0.25, -0.2) is 4.79 Å². The van der Waals surface area contributed by atoms with Gasteiger partial charge in [-0.2, -0.15) is 0 Å². The molecule has 4 unspecified atom stereocenters. The summed E-state index contributed by atoms with van der Waals surface area (Å²) in [6.07, 6.45) is 5.60. The summed E-state index contributed by atoms with van der Waals surface area (Å²) in [5.74, 6) is -1.35. The summed E-state index contributed by atoms with van der Waals surface area (Å²) in [6.45, 7) is 1.70. The minimum absolute atomic E-state index is 0.0162. The summed E-state index contributed by atoms with van der Waals surface area (Å²) < 4.78 is 4.93. The van der Waals surface area contributed by atoms with Gasteiger partial charge in [-0.05, 0) is 50.5 Å². The Morgan fingerprint density at radius 2 is 1.90 bits per heavy atom. The van der Waals surface area contributed by atoms with Crippen LogP contribution in [-0.2, 0) is 25.5 Å². The highest BCUT2D eigenvalue weighted by molar-refractivity contribution is 5.88. The molecule has 1 saturated heterocycles. The van der Waals surface area contributed by atoms with Crippen molar-refractivity contribution >= 4 is 17.8 Å². The molecule has 0 bridgehead atoms. The molecular formula is C23H32N2O5. The van der Waals surface area contributed by atoms with E-state index in [2.05, 4.69) is 5.32 Å². The summed E-state index contributed by atoms with van der Waals surface area (Å²) in [5, 5.41) is 12.8. The molecule has 1 aliphatic heterocycles. The molecule has 5 atom stereocenters. The summed E-state index contributed by atoms with van der Waals surface area (Å²) in [4.78, 5) is 39.0. The number of nitrogens with zero attached hydrogens (tertiary/aromatic N) is 1. The smallest absolute Gasteiger partial charge is 0.326 e. The molecule has 164 valence electrons. The number of methoxy groups -OCH3 is 1. The first kappa shape index (κ1) is 22.3. The van der Waals surface area contributed by atoms with Crippen LogP contribution in [0.25, 0.3) is 0 Å². The minimum Gasteiger partial charge on any atom is -0.480 e. The number of ether oxygens (including phenoxy) is 1. The largest absolute Gasteiger partial charge is 0.480 e. The van der Waals surface area contributed by atoms with E-state index in [9.17, 15) is 19.5 Å². The van der Waals surface area contributed by atoms with Crippen molar-refractivity contribution in [1.82, 2.24) is 10.2 Å². The van der Waals surface area contributed by atoms with Crippen molar-refractivity contribution in [1.29, 1.82) is 0 Å². The van der Waals surface area contributed by atoms with Crippen molar-refractivity contribution in [2.24, 2.45) is 5.92 Å². The van der Waals surface area contributed by atoms with Gasteiger partial charge in [0.25, 0.3) is 0 Å². The number of carboxylic acids is 1. The maximum atomic E-state index is 13.3. The second-order valence-corrected chi connectivity index (χ2v) is 8.44. The number of carbonyl (C=O) groups excluding carboxylic acids is 2. The first-order valence-corrected chi connectivity index (χ1v) is 10.8. The number of aliphatic carboxylic acids is 1. The van der Waals surface area contributed by atoms with E-state index in [0.717, 1.165) is 31.2 Å². The van der Waals surface area contributed by atoms with Crippen molar-refractivity contribution < 1.29 is 24.2 Å². The second-order valence-electron chi connectivity index (χ2n) is 8.44. The number of rotatable bonds is 8. The van der Waals surface area contributed by atoms with Gasteiger partial charge in [0.2, 0.25) is 5.91 Å². The number of nitrogens with one attached hydrogen (secondary N) is 1. The molecule has 0 aromatic heterocycles. The number of carbonyl (C=O) groups is 3. The lowest BCUT2D eigenvalue weighted by Gasteiger charge is -2.35. The maximum Gasteiger partial charge on any atom is 0.326 e. The fourth-order valence-corrected chi connectivity index (χ4v) is 4.96. The molecule has 1 aliphatic carbocycles. The number of esters is 1. The van der Waals surface area contributed by atoms with Crippen LogP contribution in [0.5, 0.6) is 0 Å². The lowest BCUT2D eigenvalue weighted by Crippen LogP contribution is -2.55. The zero-order valence-corrected chi connectivity index (χ0v) is 17.8. The Morgan fingerprint density at radius 1 is 1.20 bits per heavy atom. The van der Waals surface area contributed by atoms with E-state index in [1.807, 2.05) is 30.3 Å². The van der Waals surface area contributed by atoms with E-state index in [1.165, 1.54) is 7.11 Å².